The molecule has 3 rings (SSSR count). The Labute approximate surface area is 118 Å². The molecule has 5 unspecified atom stereocenters. The first-order valence-electron chi connectivity index (χ1n) is 7.42. The molecule has 0 radical (unpaired) electrons. The van der Waals surface area contributed by atoms with Gasteiger partial charge in [0.25, 0.3) is 0 Å². The van der Waals surface area contributed by atoms with Crippen LogP contribution >= 0.6 is 0 Å². The summed E-state index contributed by atoms with van der Waals surface area (Å²) in [7, 11) is 0. The van der Waals surface area contributed by atoms with Gasteiger partial charge in [0.2, 0.25) is 0 Å². The summed E-state index contributed by atoms with van der Waals surface area (Å²) in [6.45, 7) is 2.28. The van der Waals surface area contributed by atoms with Crippen LogP contribution in [0.25, 0.3) is 0 Å². The first-order chi connectivity index (χ1) is 9.53. The van der Waals surface area contributed by atoms with Crippen molar-refractivity contribution in [2.24, 2.45) is 5.92 Å². The monoisotopic (exact) mass is 286 g/mol. The van der Waals surface area contributed by atoms with Crippen molar-refractivity contribution in [2.45, 2.75) is 62.6 Å². The molecule has 1 spiro atoms. The van der Waals surface area contributed by atoms with Crippen LogP contribution in [-0.4, -0.2) is 53.0 Å². The van der Waals surface area contributed by atoms with Gasteiger partial charge in [-0.25, -0.2) is 0 Å². The van der Waals surface area contributed by atoms with Gasteiger partial charge in [0, 0.05) is 6.42 Å². The Hall–Kier alpha value is -0.690. The number of carbonyl (C=O) groups is 1. The molecule has 6 nitrogen and oxygen atoms in total. The third kappa shape index (κ3) is 1.89. The second-order valence-electron chi connectivity index (χ2n) is 6.07. The number of hydrogen-bond acceptors (Lipinski definition) is 6. The third-order valence-electron chi connectivity index (χ3n) is 4.69. The fourth-order valence-corrected chi connectivity index (χ4v) is 3.70. The van der Waals surface area contributed by atoms with E-state index >= 15 is 0 Å². The standard InChI is InChI=1S/C14H22O6/c1-2-3-4-5-6-14(17)10-12(16)18-8-13(10)11(20-14)9(15)7-19-13/h9-11,15,17H,2-8H2,1H3. The van der Waals surface area contributed by atoms with Gasteiger partial charge in [-0.15, -0.1) is 0 Å². The molecule has 0 bridgehead atoms. The second-order valence-corrected chi connectivity index (χ2v) is 6.07. The molecule has 0 saturated carbocycles. The number of rotatable bonds is 5. The maximum Gasteiger partial charge on any atom is 0.317 e. The van der Waals surface area contributed by atoms with E-state index in [1.807, 2.05) is 0 Å². The van der Waals surface area contributed by atoms with Crippen molar-refractivity contribution < 1.29 is 29.2 Å². The minimum absolute atomic E-state index is 0.0511. The van der Waals surface area contributed by atoms with E-state index in [4.69, 9.17) is 14.2 Å². The molecule has 0 amide bonds. The molecule has 3 aliphatic heterocycles. The van der Waals surface area contributed by atoms with Gasteiger partial charge < -0.3 is 24.4 Å². The van der Waals surface area contributed by atoms with Crippen LogP contribution in [0.4, 0.5) is 0 Å². The Balaban J connectivity index is 1.77. The Bertz CT molecular complexity index is 399. The average Bonchev–Trinajstić information content (AvgIpc) is 2.99. The Morgan fingerprint density at radius 2 is 2.15 bits per heavy atom. The molecule has 5 atom stereocenters. The van der Waals surface area contributed by atoms with Gasteiger partial charge in [-0.2, -0.15) is 0 Å². The molecular weight excluding hydrogens is 264 g/mol. The number of unbranched alkanes of at least 4 members (excludes halogenated alkanes) is 3. The number of cyclic esters (lactones) is 1. The van der Waals surface area contributed by atoms with Crippen LogP contribution in [0.3, 0.4) is 0 Å². The first-order valence-corrected chi connectivity index (χ1v) is 7.42. The number of carbonyl (C=O) groups excluding carboxylic acids is 1. The van der Waals surface area contributed by atoms with Gasteiger partial charge >= 0.3 is 5.97 Å². The quantitative estimate of drug-likeness (QED) is 0.560. The van der Waals surface area contributed by atoms with E-state index in [1.54, 1.807) is 0 Å². The number of hydrogen-bond donors (Lipinski definition) is 2. The predicted octanol–water partition coefficient (Wildman–Crippen LogP) is 0.347. The van der Waals surface area contributed by atoms with E-state index in [2.05, 4.69) is 6.92 Å². The summed E-state index contributed by atoms with van der Waals surface area (Å²) in [5.41, 5.74) is -1.00. The zero-order chi connectivity index (χ0) is 14.4. The minimum Gasteiger partial charge on any atom is -0.462 e. The molecule has 0 aliphatic carbocycles. The number of aliphatic hydroxyl groups excluding tert-OH is 1. The van der Waals surface area contributed by atoms with Crippen LogP contribution in [0.2, 0.25) is 0 Å². The summed E-state index contributed by atoms with van der Waals surface area (Å²) >= 11 is 0. The molecule has 0 aromatic carbocycles. The SMILES string of the molecule is CCCCCCC1(O)OC2C(O)COC23COC(=O)C13. The molecular formula is C14H22O6. The first kappa shape index (κ1) is 14.3. The number of aliphatic hydroxyl groups is 2. The van der Waals surface area contributed by atoms with E-state index in [9.17, 15) is 15.0 Å². The van der Waals surface area contributed by atoms with Gasteiger partial charge in [0.15, 0.2) is 5.79 Å². The van der Waals surface area contributed by atoms with Crippen LogP contribution in [0.1, 0.15) is 39.0 Å². The summed E-state index contributed by atoms with van der Waals surface area (Å²) < 4.78 is 16.4. The van der Waals surface area contributed by atoms with Crippen molar-refractivity contribution in [3.8, 4) is 0 Å². The van der Waals surface area contributed by atoms with Gasteiger partial charge in [0.1, 0.15) is 30.3 Å². The molecule has 0 aromatic heterocycles. The van der Waals surface area contributed by atoms with E-state index in [1.165, 1.54) is 0 Å². The molecule has 3 aliphatic rings. The van der Waals surface area contributed by atoms with Gasteiger partial charge in [-0.3, -0.25) is 4.79 Å². The smallest absolute Gasteiger partial charge is 0.317 e. The van der Waals surface area contributed by atoms with Crippen LogP contribution in [-0.2, 0) is 19.0 Å². The summed E-state index contributed by atoms with van der Waals surface area (Å²) in [5, 5.41) is 20.7. The maximum atomic E-state index is 12.0. The Kier molecular flexibility index (Phi) is 3.52. The fourth-order valence-electron chi connectivity index (χ4n) is 3.70. The van der Waals surface area contributed by atoms with Gasteiger partial charge in [-0.1, -0.05) is 26.2 Å². The van der Waals surface area contributed by atoms with Gasteiger partial charge in [0.05, 0.1) is 6.61 Å². The van der Waals surface area contributed by atoms with E-state index < -0.39 is 35.5 Å². The molecule has 2 N–H and O–H groups in total. The molecule has 3 saturated heterocycles. The fraction of sp³-hybridized carbons (Fsp3) is 0.929. The highest BCUT2D eigenvalue weighted by molar-refractivity contribution is 5.78. The van der Waals surface area contributed by atoms with E-state index in [0.717, 1.165) is 25.7 Å². The maximum absolute atomic E-state index is 12.0. The van der Waals surface area contributed by atoms with Crippen LogP contribution < -0.4 is 0 Å². The van der Waals surface area contributed by atoms with Crippen molar-refractivity contribution in [3.05, 3.63) is 0 Å². The van der Waals surface area contributed by atoms with Crippen molar-refractivity contribution in [1.82, 2.24) is 0 Å². The Morgan fingerprint density at radius 1 is 1.35 bits per heavy atom. The zero-order valence-electron chi connectivity index (χ0n) is 11.7. The lowest BCUT2D eigenvalue weighted by Gasteiger charge is -2.28. The summed E-state index contributed by atoms with van der Waals surface area (Å²) in [5.74, 6) is -2.91. The Morgan fingerprint density at radius 3 is 2.90 bits per heavy atom. The summed E-state index contributed by atoms with van der Waals surface area (Å²) in [6, 6.07) is 0. The second kappa shape index (κ2) is 4.94. The predicted molar refractivity (Wildman–Crippen MR) is 67.7 cm³/mol. The van der Waals surface area contributed by atoms with Crippen molar-refractivity contribution in [2.75, 3.05) is 13.2 Å². The molecule has 6 heteroatoms. The molecule has 3 fully saturated rings. The summed E-state index contributed by atoms with van der Waals surface area (Å²) in [4.78, 5) is 12.0. The average molecular weight is 286 g/mol. The largest absolute Gasteiger partial charge is 0.462 e. The molecule has 0 aromatic rings. The van der Waals surface area contributed by atoms with Crippen molar-refractivity contribution >= 4 is 5.97 Å². The van der Waals surface area contributed by atoms with Crippen molar-refractivity contribution in [3.63, 3.8) is 0 Å². The highest BCUT2D eigenvalue weighted by atomic mass is 16.7. The van der Waals surface area contributed by atoms with E-state index in [0.29, 0.717) is 6.42 Å². The lowest BCUT2D eigenvalue weighted by Crippen LogP contribution is -2.47. The van der Waals surface area contributed by atoms with Crippen LogP contribution in [0.15, 0.2) is 0 Å². The van der Waals surface area contributed by atoms with E-state index in [-0.39, 0.29) is 13.2 Å². The number of ether oxygens (including phenoxy) is 3. The lowest BCUT2D eigenvalue weighted by molar-refractivity contribution is -0.231. The normalized spacial score (nSPS) is 46.4. The minimum atomic E-state index is -1.58. The number of esters is 1. The molecule has 114 valence electrons. The lowest BCUT2D eigenvalue weighted by atomic mass is 9.81. The summed E-state index contributed by atoms with van der Waals surface area (Å²) in [6.07, 6.45) is 2.78. The molecule has 20 heavy (non-hydrogen) atoms. The van der Waals surface area contributed by atoms with Crippen LogP contribution in [0.5, 0.6) is 0 Å². The highest BCUT2D eigenvalue weighted by Crippen LogP contribution is 2.54. The molecule has 3 heterocycles. The highest BCUT2D eigenvalue weighted by Gasteiger charge is 2.75. The topological polar surface area (TPSA) is 85.2 Å². The zero-order valence-corrected chi connectivity index (χ0v) is 11.7. The third-order valence-corrected chi connectivity index (χ3v) is 4.69. The van der Waals surface area contributed by atoms with Crippen molar-refractivity contribution in [1.29, 1.82) is 0 Å². The van der Waals surface area contributed by atoms with Crippen LogP contribution in [0, 0.1) is 5.92 Å². The van der Waals surface area contributed by atoms with Gasteiger partial charge in [-0.05, 0) is 6.42 Å².